The Morgan fingerprint density at radius 3 is 2.94 bits per heavy atom. The molecule has 1 amide bonds. The number of hydrogen-bond acceptors (Lipinski definition) is 3. The Bertz CT molecular complexity index is 520. The van der Waals surface area contributed by atoms with Gasteiger partial charge in [0.05, 0.1) is 5.41 Å². The maximum absolute atomic E-state index is 12.0. The summed E-state index contributed by atoms with van der Waals surface area (Å²) in [6.07, 6.45) is 3.59. The van der Waals surface area contributed by atoms with Crippen molar-refractivity contribution in [3.63, 3.8) is 0 Å². The minimum Gasteiger partial charge on any atom is -0.356 e. The van der Waals surface area contributed by atoms with E-state index in [0.717, 1.165) is 25.2 Å². The van der Waals surface area contributed by atoms with Crippen LogP contribution in [0, 0.1) is 17.3 Å². The predicted molar refractivity (Wildman–Crippen MR) is 64.9 cm³/mol. The molecule has 0 aliphatic heterocycles. The molecule has 0 radical (unpaired) electrons. The fourth-order valence-corrected chi connectivity index (χ4v) is 3.28. The average Bonchev–Trinajstić information content (AvgIpc) is 2.77. The lowest BCUT2D eigenvalue weighted by Gasteiger charge is -2.30. The molecule has 3 rings (SSSR count). The Morgan fingerprint density at radius 2 is 2.39 bits per heavy atom. The Labute approximate surface area is 105 Å². The van der Waals surface area contributed by atoms with Crippen molar-refractivity contribution >= 4 is 5.91 Å². The Kier molecular flexibility index (Phi) is 2.53. The second-order valence-electron chi connectivity index (χ2n) is 5.63. The molecular weight excluding hydrogens is 232 g/mol. The first-order valence-corrected chi connectivity index (χ1v) is 6.54. The van der Waals surface area contributed by atoms with Gasteiger partial charge in [0.2, 0.25) is 5.91 Å². The summed E-state index contributed by atoms with van der Waals surface area (Å²) < 4.78 is 0. The molecule has 2 aliphatic carbocycles. The SMILES string of the molecule is C[C@@H]1C[C@]2(C(=O)NCCCc3n[nH]c(=O)[nH]3)C[C@H]12. The van der Waals surface area contributed by atoms with Gasteiger partial charge in [-0.2, -0.15) is 5.10 Å². The highest BCUT2D eigenvalue weighted by molar-refractivity contribution is 5.87. The van der Waals surface area contributed by atoms with Gasteiger partial charge >= 0.3 is 5.69 Å². The van der Waals surface area contributed by atoms with Crippen molar-refractivity contribution in [3.05, 3.63) is 16.3 Å². The van der Waals surface area contributed by atoms with Gasteiger partial charge in [-0.25, -0.2) is 9.89 Å². The van der Waals surface area contributed by atoms with Crippen LogP contribution in [0.3, 0.4) is 0 Å². The van der Waals surface area contributed by atoms with E-state index in [1.807, 2.05) is 0 Å². The van der Waals surface area contributed by atoms with Gasteiger partial charge in [0.1, 0.15) is 5.82 Å². The van der Waals surface area contributed by atoms with Crippen molar-refractivity contribution in [2.45, 2.75) is 32.6 Å². The zero-order chi connectivity index (χ0) is 12.8. The molecule has 3 N–H and O–H groups in total. The normalized spacial score (nSPS) is 32.5. The molecule has 0 unspecified atom stereocenters. The summed E-state index contributed by atoms with van der Waals surface area (Å²) in [5.41, 5.74) is -0.280. The first-order valence-electron chi connectivity index (χ1n) is 6.54. The molecule has 6 nitrogen and oxygen atoms in total. The lowest BCUT2D eigenvalue weighted by atomic mass is 9.75. The maximum Gasteiger partial charge on any atom is 0.340 e. The highest BCUT2D eigenvalue weighted by atomic mass is 16.2. The molecule has 2 aliphatic rings. The smallest absolute Gasteiger partial charge is 0.340 e. The van der Waals surface area contributed by atoms with Gasteiger partial charge in [-0.1, -0.05) is 6.92 Å². The molecule has 18 heavy (non-hydrogen) atoms. The van der Waals surface area contributed by atoms with Gasteiger partial charge in [0.25, 0.3) is 0 Å². The van der Waals surface area contributed by atoms with Gasteiger partial charge in [-0.05, 0) is 31.1 Å². The minimum atomic E-state index is -0.280. The summed E-state index contributed by atoms with van der Waals surface area (Å²) in [4.78, 5) is 25.4. The van der Waals surface area contributed by atoms with E-state index in [1.54, 1.807) is 0 Å². The number of rotatable bonds is 5. The minimum absolute atomic E-state index is 0.0000640. The average molecular weight is 250 g/mol. The molecule has 1 aromatic heterocycles. The van der Waals surface area contributed by atoms with Gasteiger partial charge < -0.3 is 5.32 Å². The summed E-state index contributed by atoms with van der Waals surface area (Å²) in [7, 11) is 0. The first kappa shape index (κ1) is 11.5. The highest BCUT2D eigenvalue weighted by Crippen LogP contribution is 2.70. The number of aromatic amines is 2. The third-order valence-electron chi connectivity index (χ3n) is 4.39. The van der Waals surface area contributed by atoms with Crippen LogP contribution in [-0.4, -0.2) is 27.6 Å². The largest absolute Gasteiger partial charge is 0.356 e. The number of aromatic nitrogens is 3. The number of aryl methyl sites for hydroxylation is 1. The van der Waals surface area contributed by atoms with Crippen LogP contribution in [0.4, 0.5) is 0 Å². The fraction of sp³-hybridized carbons (Fsp3) is 0.750. The Morgan fingerprint density at radius 1 is 1.56 bits per heavy atom. The van der Waals surface area contributed by atoms with Crippen molar-refractivity contribution < 1.29 is 4.79 Å². The summed E-state index contributed by atoms with van der Waals surface area (Å²) in [5, 5.41) is 9.14. The molecule has 1 aromatic rings. The van der Waals surface area contributed by atoms with E-state index in [1.165, 1.54) is 0 Å². The number of nitrogens with zero attached hydrogens (tertiary/aromatic N) is 1. The number of hydrogen-bond donors (Lipinski definition) is 3. The monoisotopic (exact) mass is 250 g/mol. The summed E-state index contributed by atoms with van der Waals surface area (Å²) in [6.45, 7) is 2.87. The number of nitrogens with one attached hydrogen (secondary N) is 3. The number of carbonyl (C=O) groups excluding carboxylic acids is 1. The molecule has 1 heterocycles. The maximum atomic E-state index is 12.0. The zero-order valence-corrected chi connectivity index (χ0v) is 10.5. The Hall–Kier alpha value is -1.59. The van der Waals surface area contributed by atoms with E-state index < -0.39 is 0 Å². The van der Waals surface area contributed by atoms with E-state index >= 15 is 0 Å². The first-order chi connectivity index (χ1) is 8.62. The third-order valence-corrected chi connectivity index (χ3v) is 4.39. The fourth-order valence-electron chi connectivity index (χ4n) is 3.28. The second kappa shape index (κ2) is 3.96. The van der Waals surface area contributed by atoms with Crippen LogP contribution in [0.15, 0.2) is 4.79 Å². The summed E-state index contributed by atoms with van der Waals surface area (Å²) >= 11 is 0. The zero-order valence-electron chi connectivity index (χ0n) is 10.5. The molecular formula is C12H18N4O2. The van der Waals surface area contributed by atoms with E-state index in [4.69, 9.17) is 0 Å². The number of carbonyl (C=O) groups is 1. The molecule has 3 atom stereocenters. The molecule has 98 valence electrons. The van der Waals surface area contributed by atoms with Gasteiger partial charge in [-0.15, -0.1) is 0 Å². The molecule has 0 spiro atoms. The van der Waals surface area contributed by atoms with E-state index in [2.05, 4.69) is 27.4 Å². The van der Waals surface area contributed by atoms with Gasteiger partial charge in [0, 0.05) is 13.0 Å². The topological polar surface area (TPSA) is 90.6 Å². The van der Waals surface area contributed by atoms with Gasteiger partial charge in [0.15, 0.2) is 0 Å². The predicted octanol–water partition coefficient (Wildman–Crippen LogP) is 0.193. The summed E-state index contributed by atoms with van der Waals surface area (Å²) in [6, 6.07) is 0. The quantitative estimate of drug-likeness (QED) is 0.652. The molecule has 0 bridgehead atoms. The van der Waals surface area contributed by atoms with Crippen LogP contribution in [0.1, 0.15) is 32.0 Å². The Balaban J connectivity index is 1.38. The summed E-state index contributed by atoms with van der Waals surface area (Å²) in [5.74, 6) is 2.24. The van der Waals surface area contributed by atoms with Crippen molar-refractivity contribution in [1.29, 1.82) is 0 Å². The number of amides is 1. The van der Waals surface area contributed by atoms with Crippen molar-refractivity contribution in [3.8, 4) is 0 Å². The van der Waals surface area contributed by atoms with Crippen LogP contribution >= 0.6 is 0 Å². The van der Waals surface area contributed by atoms with Gasteiger partial charge in [-0.3, -0.25) is 9.78 Å². The molecule has 2 fully saturated rings. The van der Waals surface area contributed by atoms with E-state index in [0.29, 0.717) is 24.7 Å². The molecule has 0 aromatic carbocycles. The molecule has 0 saturated heterocycles. The van der Waals surface area contributed by atoms with Crippen LogP contribution in [0.25, 0.3) is 0 Å². The van der Waals surface area contributed by atoms with Crippen molar-refractivity contribution in [2.75, 3.05) is 6.54 Å². The van der Waals surface area contributed by atoms with Crippen LogP contribution in [0.5, 0.6) is 0 Å². The second-order valence-corrected chi connectivity index (χ2v) is 5.63. The lowest BCUT2D eigenvalue weighted by Crippen LogP contribution is -2.40. The van der Waals surface area contributed by atoms with Crippen LogP contribution in [-0.2, 0) is 11.2 Å². The molecule has 2 saturated carbocycles. The number of fused-ring (bicyclic) bond motifs is 1. The van der Waals surface area contributed by atoms with Crippen LogP contribution in [0.2, 0.25) is 0 Å². The third kappa shape index (κ3) is 1.76. The molecule has 6 heteroatoms. The van der Waals surface area contributed by atoms with Crippen molar-refractivity contribution in [1.82, 2.24) is 20.5 Å². The van der Waals surface area contributed by atoms with E-state index in [-0.39, 0.29) is 17.0 Å². The van der Waals surface area contributed by atoms with Crippen molar-refractivity contribution in [2.24, 2.45) is 17.3 Å². The van der Waals surface area contributed by atoms with Crippen LogP contribution < -0.4 is 11.0 Å². The highest BCUT2D eigenvalue weighted by Gasteiger charge is 2.69. The lowest BCUT2D eigenvalue weighted by molar-refractivity contribution is -0.130. The standard InChI is InChI=1S/C12H18N4O2/c1-7-5-12(6-8(7)12)10(17)13-4-2-3-9-14-11(18)16-15-9/h7-8H,2-6H2,1H3,(H,13,17)(H2,14,15,16,18)/t7-,8-,12+/m1/s1. The number of H-pyrrole nitrogens is 2. The van der Waals surface area contributed by atoms with E-state index in [9.17, 15) is 9.59 Å².